The van der Waals surface area contributed by atoms with Crippen LogP contribution in [0.15, 0.2) is 48.8 Å². The van der Waals surface area contributed by atoms with Crippen LogP contribution in [0.25, 0.3) is 10.9 Å². The molecule has 0 bridgehead atoms. The van der Waals surface area contributed by atoms with Crippen molar-refractivity contribution in [1.29, 1.82) is 0 Å². The van der Waals surface area contributed by atoms with Gasteiger partial charge in [-0.1, -0.05) is 18.2 Å². The number of piperazine rings is 1. The number of fused-ring (bicyclic) bond motifs is 1. The van der Waals surface area contributed by atoms with E-state index >= 15 is 0 Å². The summed E-state index contributed by atoms with van der Waals surface area (Å²) in [6, 6.07) is 9.39. The Morgan fingerprint density at radius 1 is 1.12 bits per heavy atom. The van der Waals surface area contributed by atoms with Crippen LogP contribution in [0.2, 0.25) is 0 Å². The summed E-state index contributed by atoms with van der Waals surface area (Å²) in [5, 5.41) is 3.77. The number of nitrogens with one attached hydrogen (secondary N) is 2. The SMILES string of the molecule is CC(=O)N[C@@H](Cc1c[nH]c2ccccc12)C(=O)N1CCN(c2ccc(C(F)(F)F)cn2)CC1. The number of hydrogen-bond donors (Lipinski definition) is 2. The van der Waals surface area contributed by atoms with Crippen LogP contribution < -0.4 is 10.2 Å². The van der Waals surface area contributed by atoms with Crippen molar-refractivity contribution in [2.24, 2.45) is 0 Å². The van der Waals surface area contributed by atoms with Gasteiger partial charge in [-0.2, -0.15) is 13.2 Å². The maximum Gasteiger partial charge on any atom is 0.417 e. The number of rotatable bonds is 5. The number of hydrogen-bond acceptors (Lipinski definition) is 4. The summed E-state index contributed by atoms with van der Waals surface area (Å²) >= 11 is 0. The minimum absolute atomic E-state index is 0.185. The van der Waals surface area contributed by atoms with Gasteiger partial charge < -0.3 is 20.1 Å². The molecule has 1 aromatic carbocycles. The van der Waals surface area contributed by atoms with Crippen molar-refractivity contribution in [1.82, 2.24) is 20.2 Å². The molecule has 33 heavy (non-hydrogen) atoms. The fourth-order valence-corrected chi connectivity index (χ4v) is 4.08. The number of nitrogens with zero attached hydrogens (tertiary/aromatic N) is 3. The van der Waals surface area contributed by atoms with Gasteiger partial charge in [0.2, 0.25) is 11.8 Å². The Hall–Kier alpha value is -3.56. The van der Waals surface area contributed by atoms with Gasteiger partial charge in [-0.15, -0.1) is 0 Å². The monoisotopic (exact) mass is 459 g/mol. The third-order valence-electron chi connectivity index (χ3n) is 5.77. The maximum absolute atomic E-state index is 13.2. The number of para-hydroxylation sites is 1. The topological polar surface area (TPSA) is 81.3 Å². The van der Waals surface area contributed by atoms with Crippen molar-refractivity contribution in [3.63, 3.8) is 0 Å². The summed E-state index contributed by atoms with van der Waals surface area (Å²) < 4.78 is 38.3. The molecule has 3 aromatic rings. The molecule has 0 spiro atoms. The van der Waals surface area contributed by atoms with E-state index in [4.69, 9.17) is 0 Å². The molecule has 1 fully saturated rings. The van der Waals surface area contributed by atoms with E-state index in [1.807, 2.05) is 35.4 Å². The largest absolute Gasteiger partial charge is 0.417 e. The predicted octanol–water partition coefficient (Wildman–Crippen LogP) is 2.98. The summed E-state index contributed by atoms with van der Waals surface area (Å²) in [5.74, 6) is -0.0383. The van der Waals surface area contributed by atoms with E-state index in [0.29, 0.717) is 38.4 Å². The van der Waals surface area contributed by atoms with Crippen LogP contribution >= 0.6 is 0 Å². The molecule has 7 nitrogen and oxygen atoms in total. The van der Waals surface area contributed by atoms with E-state index in [1.165, 1.54) is 13.0 Å². The number of benzene rings is 1. The number of carbonyl (C=O) groups excluding carboxylic acids is 2. The summed E-state index contributed by atoms with van der Waals surface area (Å²) in [7, 11) is 0. The maximum atomic E-state index is 13.2. The predicted molar refractivity (Wildman–Crippen MR) is 118 cm³/mol. The number of H-pyrrole nitrogens is 1. The molecular formula is C23H24F3N5O2. The van der Waals surface area contributed by atoms with Crippen LogP contribution in [-0.2, 0) is 22.2 Å². The summed E-state index contributed by atoms with van der Waals surface area (Å²) in [5.41, 5.74) is 1.10. The first kappa shape index (κ1) is 22.6. The lowest BCUT2D eigenvalue weighted by molar-refractivity contribution is -0.138. The van der Waals surface area contributed by atoms with E-state index in [0.717, 1.165) is 28.7 Å². The molecule has 2 N–H and O–H groups in total. The van der Waals surface area contributed by atoms with Gasteiger partial charge in [-0.05, 0) is 23.8 Å². The average molecular weight is 459 g/mol. The number of aromatic amines is 1. The van der Waals surface area contributed by atoms with Crippen molar-refractivity contribution < 1.29 is 22.8 Å². The summed E-state index contributed by atoms with van der Waals surface area (Å²) in [6.07, 6.45) is -1.41. The zero-order chi connectivity index (χ0) is 23.6. The van der Waals surface area contributed by atoms with Gasteiger partial charge in [0.25, 0.3) is 0 Å². The van der Waals surface area contributed by atoms with E-state index in [9.17, 15) is 22.8 Å². The van der Waals surface area contributed by atoms with Crippen LogP contribution in [-0.4, -0.2) is 58.9 Å². The molecule has 0 unspecified atom stereocenters. The Morgan fingerprint density at radius 3 is 2.48 bits per heavy atom. The number of anilines is 1. The molecule has 2 aromatic heterocycles. The number of carbonyl (C=O) groups is 2. The summed E-state index contributed by atoms with van der Waals surface area (Å²) in [6.45, 7) is 3.01. The zero-order valence-corrected chi connectivity index (χ0v) is 18.0. The van der Waals surface area contributed by atoms with E-state index in [2.05, 4.69) is 15.3 Å². The Balaban J connectivity index is 1.42. The van der Waals surface area contributed by atoms with Crippen LogP contribution in [0.5, 0.6) is 0 Å². The number of aromatic nitrogens is 2. The van der Waals surface area contributed by atoms with Crippen molar-refractivity contribution in [3.8, 4) is 0 Å². The fourth-order valence-electron chi connectivity index (χ4n) is 4.08. The second-order valence-electron chi connectivity index (χ2n) is 8.03. The van der Waals surface area contributed by atoms with Gasteiger partial charge in [-0.25, -0.2) is 4.98 Å². The fraction of sp³-hybridized carbons (Fsp3) is 0.348. The molecule has 1 atom stereocenters. The van der Waals surface area contributed by atoms with Crippen molar-refractivity contribution in [3.05, 3.63) is 59.9 Å². The van der Waals surface area contributed by atoms with Crippen LogP contribution in [0.3, 0.4) is 0 Å². The van der Waals surface area contributed by atoms with Gasteiger partial charge in [0.15, 0.2) is 0 Å². The Labute approximate surface area is 188 Å². The third kappa shape index (κ3) is 5.10. The first-order valence-electron chi connectivity index (χ1n) is 10.6. The average Bonchev–Trinajstić information content (AvgIpc) is 3.20. The van der Waals surface area contributed by atoms with Crippen molar-refractivity contribution in [2.75, 3.05) is 31.1 Å². The quantitative estimate of drug-likeness (QED) is 0.615. The minimum Gasteiger partial charge on any atom is -0.361 e. The van der Waals surface area contributed by atoms with Crippen molar-refractivity contribution >= 4 is 28.5 Å². The standard InChI is InChI=1S/C23H24F3N5O2/c1-15(32)29-20(12-16-13-27-19-5-3-2-4-18(16)19)22(33)31-10-8-30(9-11-31)21-7-6-17(14-28-21)23(24,25)26/h2-7,13-14,20,27H,8-12H2,1H3,(H,29,32)/t20-/m0/s1. The number of alkyl halides is 3. The lowest BCUT2D eigenvalue weighted by atomic mass is 10.0. The number of halogens is 3. The molecule has 3 heterocycles. The van der Waals surface area contributed by atoms with Crippen LogP contribution in [0.4, 0.5) is 19.0 Å². The smallest absolute Gasteiger partial charge is 0.361 e. The second kappa shape index (κ2) is 9.13. The molecular weight excluding hydrogens is 435 g/mol. The highest BCUT2D eigenvalue weighted by molar-refractivity contribution is 5.89. The van der Waals surface area contributed by atoms with Gasteiger partial charge in [0.1, 0.15) is 11.9 Å². The molecule has 1 saturated heterocycles. The van der Waals surface area contributed by atoms with Gasteiger partial charge in [0, 0.05) is 62.8 Å². The highest BCUT2D eigenvalue weighted by Gasteiger charge is 2.32. The number of amides is 2. The van der Waals surface area contributed by atoms with Crippen molar-refractivity contribution in [2.45, 2.75) is 25.6 Å². The van der Waals surface area contributed by atoms with Crippen LogP contribution in [0, 0.1) is 0 Å². The van der Waals surface area contributed by atoms with E-state index < -0.39 is 17.8 Å². The zero-order valence-electron chi connectivity index (χ0n) is 18.0. The van der Waals surface area contributed by atoms with Gasteiger partial charge in [-0.3, -0.25) is 9.59 Å². The number of pyridine rings is 1. The highest BCUT2D eigenvalue weighted by Crippen LogP contribution is 2.29. The molecule has 1 aliphatic heterocycles. The molecule has 4 rings (SSSR count). The first-order valence-corrected chi connectivity index (χ1v) is 10.6. The Bertz CT molecular complexity index is 1130. The van der Waals surface area contributed by atoms with E-state index in [-0.39, 0.29) is 11.8 Å². The minimum atomic E-state index is -4.43. The molecule has 1 aliphatic rings. The molecule has 0 radical (unpaired) electrons. The second-order valence-corrected chi connectivity index (χ2v) is 8.03. The highest BCUT2D eigenvalue weighted by atomic mass is 19.4. The summed E-state index contributed by atoms with van der Waals surface area (Å²) in [4.78, 5) is 35.7. The van der Waals surface area contributed by atoms with Crippen LogP contribution in [0.1, 0.15) is 18.1 Å². The Kier molecular flexibility index (Phi) is 6.26. The molecule has 0 aliphatic carbocycles. The Morgan fingerprint density at radius 2 is 1.85 bits per heavy atom. The lowest BCUT2D eigenvalue weighted by Gasteiger charge is -2.37. The van der Waals surface area contributed by atoms with Gasteiger partial charge in [0.05, 0.1) is 5.56 Å². The van der Waals surface area contributed by atoms with E-state index in [1.54, 1.807) is 4.90 Å². The lowest BCUT2D eigenvalue weighted by Crippen LogP contribution is -2.55. The molecule has 10 heteroatoms. The third-order valence-corrected chi connectivity index (χ3v) is 5.77. The molecule has 0 saturated carbocycles. The first-order chi connectivity index (χ1) is 15.7. The van der Waals surface area contributed by atoms with Gasteiger partial charge >= 0.3 is 6.18 Å². The molecule has 2 amide bonds. The normalized spacial score (nSPS) is 15.5. The molecule has 174 valence electrons.